The van der Waals surface area contributed by atoms with Gasteiger partial charge in [0.2, 0.25) is 0 Å². The fraction of sp³-hybridized carbons (Fsp3) is 0.467. The lowest BCUT2D eigenvalue weighted by molar-refractivity contribution is 0.446. The van der Waals surface area contributed by atoms with Crippen LogP contribution in [0.25, 0.3) is 11.0 Å². The van der Waals surface area contributed by atoms with Crippen LogP contribution in [0.15, 0.2) is 28.7 Å². The molecule has 1 aliphatic carbocycles. The summed E-state index contributed by atoms with van der Waals surface area (Å²) in [7, 11) is 0. The molecule has 1 unspecified atom stereocenters. The summed E-state index contributed by atoms with van der Waals surface area (Å²) >= 11 is 0. The van der Waals surface area contributed by atoms with Crippen molar-refractivity contribution < 1.29 is 8.81 Å². The second kappa shape index (κ2) is 4.73. The predicted molar refractivity (Wildman–Crippen MR) is 70.1 cm³/mol. The number of hydrogen-bond acceptors (Lipinski definition) is 2. The maximum Gasteiger partial charge on any atom is 0.169 e. The second-order valence-corrected chi connectivity index (χ2v) is 5.36. The van der Waals surface area contributed by atoms with Gasteiger partial charge in [0.05, 0.1) is 0 Å². The van der Waals surface area contributed by atoms with Gasteiger partial charge in [-0.25, -0.2) is 4.39 Å². The lowest BCUT2D eigenvalue weighted by atomic mass is 10.1. The first-order chi connectivity index (χ1) is 8.72. The van der Waals surface area contributed by atoms with E-state index in [1.54, 1.807) is 6.07 Å². The van der Waals surface area contributed by atoms with Gasteiger partial charge < -0.3 is 9.73 Å². The number of fused-ring (bicyclic) bond motifs is 1. The standard InChI is InChI=1S/C15H18FNO/c1-10(9-17-12-5-6-12)7-13-8-11-3-2-4-14(16)15(11)18-13/h2-4,8,10,12,17H,5-7,9H2,1H3. The summed E-state index contributed by atoms with van der Waals surface area (Å²) in [5, 5.41) is 4.36. The Labute approximate surface area is 106 Å². The minimum absolute atomic E-state index is 0.275. The zero-order valence-electron chi connectivity index (χ0n) is 10.6. The van der Waals surface area contributed by atoms with Crippen molar-refractivity contribution in [2.24, 2.45) is 5.92 Å². The number of benzene rings is 1. The zero-order valence-corrected chi connectivity index (χ0v) is 10.6. The molecule has 2 aromatic rings. The van der Waals surface area contributed by atoms with E-state index in [9.17, 15) is 4.39 Å². The molecule has 0 amide bonds. The molecular formula is C15H18FNO. The topological polar surface area (TPSA) is 25.2 Å². The quantitative estimate of drug-likeness (QED) is 0.874. The van der Waals surface area contributed by atoms with Gasteiger partial charge in [0.25, 0.3) is 0 Å². The van der Waals surface area contributed by atoms with Gasteiger partial charge in [-0.15, -0.1) is 0 Å². The molecule has 0 aliphatic heterocycles. The average molecular weight is 247 g/mol. The first-order valence-corrected chi connectivity index (χ1v) is 6.62. The lowest BCUT2D eigenvalue weighted by Gasteiger charge is -2.10. The summed E-state index contributed by atoms with van der Waals surface area (Å²) in [6.45, 7) is 3.20. The second-order valence-electron chi connectivity index (χ2n) is 5.36. The Morgan fingerprint density at radius 3 is 3.00 bits per heavy atom. The molecular weight excluding hydrogens is 229 g/mol. The molecule has 3 heteroatoms. The summed E-state index contributed by atoms with van der Waals surface area (Å²) in [5.74, 6) is 1.11. The Bertz CT molecular complexity index is 544. The summed E-state index contributed by atoms with van der Waals surface area (Å²) in [6, 6.07) is 7.73. The molecule has 3 rings (SSSR count). The van der Waals surface area contributed by atoms with Crippen LogP contribution in [0.3, 0.4) is 0 Å². The first-order valence-electron chi connectivity index (χ1n) is 6.62. The van der Waals surface area contributed by atoms with E-state index in [4.69, 9.17) is 4.42 Å². The third-order valence-electron chi connectivity index (χ3n) is 3.43. The highest BCUT2D eigenvalue weighted by atomic mass is 19.1. The molecule has 0 saturated heterocycles. The third kappa shape index (κ3) is 2.56. The molecule has 0 radical (unpaired) electrons. The molecule has 2 nitrogen and oxygen atoms in total. The summed E-state index contributed by atoms with van der Waals surface area (Å²) in [6.07, 6.45) is 3.47. The minimum atomic E-state index is -0.275. The van der Waals surface area contributed by atoms with Crippen molar-refractivity contribution in [1.29, 1.82) is 0 Å². The number of para-hydroxylation sites is 1. The highest BCUT2D eigenvalue weighted by Crippen LogP contribution is 2.24. The molecule has 1 aromatic heterocycles. The molecule has 1 aliphatic rings. The highest BCUT2D eigenvalue weighted by molar-refractivity contribution is 5.78. The summed E-state index contributed by atoms with van der Waals surface area (Å²) in [5.41, 5.74) is 0.384. The average Bonchev–Trinajstić information content (AvgIpc) is 3.07. The van der Waals surface area contributed by atoms with E-state index in [0.29, 0.717) is 11.5 Å². The smallest absolute Gasteiger partial charge is 0.169 e. The van der Waals surface area contributed by atoms with Crippen LogP contribution >= 0.6 is 0 Å². The van der Waals surface area contributed by atoms with Crippen molar-refractivity contribution in [2.75, 3.05) is 6.54 Å². The van der Waals surface area contributed by atoms with Crippen LogP contribution in [-0.2, 0) is 6.42 Å². The van der Waals surface area contributed by atoms with Crippen LogP contribution < -0.4 is 5.32 Å². The normalized spacial score (nSPS) is 17.2. The maximum absolute atomic E-state index is 13.5. The van der Waals surface area contributed by atoms with Gasteiger partial charge in [-0.3, -0.25) is 0 Å². The Kier molecular flexibility index (Phi) is 3.08. The summed E-state index contributed by atoms with van der Waals surface area (Å²) < 4.78 is 19.1. The van der Waals surface area contributed by atoms with Crippen molar-refractivity contribution in [3.05, 3.63) is 35.8 Å². The number of rotatable bonds is 5. The molecule has 1 saturated carbocycles. The molecule has 1 fully saturated rings. The van der Waals surface area contributed by atoms with E-state index in [1.165, 1.54) is 18.9 Å². The molecule has 1 aromatic carbocycles. The predicted octanol–water partition coefficient (Wildman–Crippen LogP) is 3.50. The number of furan rings is 1. The van der Waals surface area contributed by atoms with E-state index in [0.717, 1.165) is 30.2 Å². The van der Waals surface area contributed by atoms with Gasteiger partial charge in [0.1, 0.15) is 5.76 Å². The van der Waals surface area contributed by atoms with E-state index in [2.05, 4.69) is 12.2 Å². The Morgan fingerprint density at radius 2 is 2.28 bits per heavy atom. The van der Waals surface area contributed by atoms with Gasteiger partial charge in [0, 0.05) is 17.8 Å². The van der Waals surface area contributed by atoms with Crippen LogP contribution in [0.2, 0.25) is 0 Å². The van der Waals surface area contributed by atoms with E-state index >= 15 is 0 Å². The fourth-order valence-corrected chi connectivity index (χ4v) is 2.25. The molecule has 1 atom stereocenters. The van der Waals surface area contributed by atoms with Gasteiger partial charge in [-0.2, -0.15) is 0 Å². The van der Waals surface area contributed by atoms with Gasteiger partial charge in [-0.05, 0) is 37.4 Å². The van der Waals surface area contributed by atoms with Crippen LogP contribution in [0, 0.1) is 11.7 Å². The van der Waals surface area contributed by atoms with Crippen molar-refractivity contribution in [3.63, 3.8) is 0 Å². The van der Waals surface area contributed by atoms with Crippen molar-refractivity contribution >= 4 is 11.0 Å². The van der Waals surface area contributed by atoms with Crippen molar-refractivity contribution in [2.45, 2.75) is 32.2 Å². The molecule has 0 bridgehead atoms. The van der Waals surface area contributed by atoms with Crippen LogP contribution in [0.5, 0.6) is 0 Å². The van der Waals surface area contributed by atoms with E-state index in [1.807, 2.05) is 12.1 Å². The fourth-order valence-electron chi connectivity index (χ4n) is 2.25. The molecule has 0 spiro atoms. The van der Waals surface area contributed by atoms with Crippen LogP contribution in [0.1, 0.15) is 25.5 Å². The van der Waals surface area contributed by atoms with Crippen molar-refractivity contribution in [3.8, 4) is 0 Å². The highest BCUT2D eigenvalue weighted by Gasteiger charge is 2.21. The Morgan fingerprint density at radius 1 is 1.44 bits per heavy atom. The monoisotopic (exact) mass is 247 g/mol. The SMILES string of the molecule is CC(CNC1CC1)Cc1cc2cccc(F)c2o1. The van der Waals surface area contributed by atoms with Crippen molar-refractivity contribution in [1.82, 2.24) is 5.32 Å². The Balaban J connectivity index is 1.67. The number of nitrogens with one attached hydrogen (secondary N) is 1. The van der Waals surface area contributed by atoms with E-state index in [-0.39, 0.29) is 5.82 Å². The minimum Gasteiger partial charge on any atom is -0.458 e. The maximum atomic E-state index is 13.5. The zero-order chi connectivity index (χ0) is 12.5. The molecule has 18 heavy (non-hydrogen) atoms. The molecule has 1 N–H and O–H groups in total. The van der Waals surface area contributed by atoms with E-state index < -0.39 is 0 Å². The van der Waals surface area contributed by atoms with Gasteiger partial charge >= 0.3 is 0 Å². The first kappa shape index (κ1) is 11.7. The molecule has 1 heterocycles. The third-order valence-corrected chi connectivity index (χ3v) is 3.43. The summed E-state index contributed by atoms with van der Waals surface area (Å²) in [4.78, 5) is 0. The van der Waals surface area contributed by atoms with Crippen LogP contribution in [0.4, 0.5) is 4.39 Å². The van der Waals surface area contributed by atoms with Gasteiger partial charge in [-0.1, -0.05) is 19.1 Å². The lowest BCUT2D eigenvalue weighted by Crippen LogP contribution is -2.24. The number of hydrogen-bond donors (Lipinski definition) is 1. The van der Waals surface area contributed by atoms with Crippen LogP contribution in [-0.4, -0.2) is 12.6 Å². The van der Waals surface area contributed by atoms with Gasteiger partial charge in [0.15, 0.2) is 11.4 Å². The molecule has 96 valence electrons. The largest absolute Gasteiger partial charge is 0.458 e. The number of halogens is 1. The Hall–Kier alpha value is -1.35.